The summed E-state index contributed by atoms with van der Waals surface area (Å²) in [4.78, 5) is 35.5. The first kappa shape index (κ1) is 17.1. The third-order valence-corrected chi connectivity index (χ3v) is 4.29. The van der Waals surface area contributed by atoms with Crippen molar-refractivity contribution in [3.63, 3.8) is 0 Å². The van der Waals surface area contributed by atoms with Gasteiger partial charge < -0.3 is 5.32 Å². The number of amides is 1. The van der Waals surface area contributed by atoms with Crippen molar-refractivity contribution in [2.45, 2.75) is 45.2 Å². The molecule has 25 heavy (non-hydrogen) atoms. The molecule has 132 valence electrons. The van der Waals surface area contributed by atoms with Crippen LogP contribution in [-0.4, -0.2) is 31.9 Å². The number of rotatable bonds is 6. The number of carbonyl (C=O) groups is 1. The van der Waals surface area contributed by atoms with E-state index in [-0.39, 0.29) is 35.3 Å². The van der Waals surface area contributed by atoms with Crippen LogP contribution in [0.5, 0.6) is 0 Å². The number of hydrogen-bond acceptors (Lipinski definition) is 5. The molecule has 8 heteroatoms. The van der Waals surface area contributed by atoms with Crippen LogP contribution >= 0.6 is 0 Å². The molecular formula is C17H21N5O3. The molecule has 1 fully saturated rings. The summed E-state index contributed by atoms with van der Waals surface area (Å²) >= 11 is 0. The Hall–Kier alpha value is -2.77. The van der Waals surface area contributed by atoms with Crippen LogP contribution in [0, 0.1) is 5.92 Å². The molecule has 2 heterocycles. The third-order valence-electron chi connectivity index (χ3n) is 4.29. The molecule has 2 aromatic heterocycles. The fourth-order valence-electron chi connectivity index (χ4n) is 2.52. The van der Waals surface area contributed by atoms with Crippen LogP contribution in [0.25, 0.3) is 0 Å². The number of nitrogens with one attached hydrogen (secondary N) is 2. The van der Waals surface area contributed by atoms with Gasteiger partial charge in [-0.15, -0.1) is 0 Å². The van der Waals surface area contributed by atoms with Crippen molar-refractivity contribution in [1.29, 1.82) is 0 Å². The highest BCUT2D eigenvalue weighted by Crippen LogP contribution is 2.38. The van der Waals surface area contributed by atoms with Crippen LogP contribution in [0.1, 0.15) is 48.8 Å². The zero-order valence-corrected chi connectivity index (χ0v) is 14.2. The highest BCUT2D eigenvalue weighted by molar-refractivity contribution is 5.92. The molecule has 1 amide bonds. The van der Waals surface area contributed by atoms with Crippen molar-refractivity contribution in [3.05, 3.63) is 56.4 Å². The van der Waals surface area contributed by atoms with Crippen LogP contribution in [0.15, 0.2) is 33.9 Å². The lowest BCUT2D eigenvalue weighted by Crippen LogP contribution is -2.44. The van der Waals surface area contributed by atoms with Gasteiger partial charge in [0.15, 0.2) is 0 Å². The molecule has 1 saturated carbocycles. The summed E-state index contributed by atoms with van der Waals surface area (Å²) < 4.78 is 1.42. The second-order valence-corrected chi connectivity index (χ2v) is 6.68. The van der Waals surface area contributed by atoms with Crippen molar-refractivity contribution in [2.24, 2.45) is 5.92 Å². The van der Waals surface area contributed by atoms with E-state index in [2.05, 4.69) is 20.6 Å². The molecule has 8 nitrogen and oxygen atoms in total. The first-order valence-corrected chi connectivity index (χ1v) is 8.38. The van der Waals surface area contributed by atoms with E-state index in [1.54, 1.807) is 6.07 Å². The molecule has 0 aliphatic heterocycles. The molecule has 0 saturated heterocycles. The van der Waals surface area contributed by atoms with Gasteiger partial charge in [-0.05, 0) is 30.9 Å². The van der Waals surface area contributed by atoms with E-state index >= 15 is 0 Å². The molecular weight excluding hydrogens is 322 g/mol. The Balaban J connectivity index is 1.76. The predicted octanol–water partition coefficient (Wildman–Crippen LogP) is 0.659. The quantitative estimate of drug-likeness (QED) is 0.800. The van der Waals surface area contributed by atoms with Crippen LogP contribution in [0.4, 0.5) is 0 Å². The Morgan fingerprint density at radius 3 is 2.64 bits per heavy atom. The summed E-state index contributed by atoms with van der Waals surface area (Å²) in [7, 11) is 0. The van der Waals surface area contributed by atoms with Gasteiger partial charge in [-0.3, -0.25) is 14.4 Å². The smallest absolute Gasteiger partial charge is 0.272 e. The van der Waals surface area contributed by atoms with Crippen molar-refractivity contribution in [2.75, 3.05) is 0 Å². The predicted molar refractivity (Wildman–Crippen MR) is 91.4 cm³/mol. The summed E-state index contributed by atoms with van der Waals surface area (Å²) in [6, 6.07) is 5.63. The van der Waals surface area contributed by atoms with Gasteiger partial charge in [0.05, 0.1) is 18.3 Å². The summed E-state index contributed by atoms with van der Waals surface area (Å²) in [5.74, 6) is 0.135. The highest BCUT2D eigenvalue weighted by atomic mass is 16.2. The van der Waals surface area contributed by atoms with Gasteiger partial charge in [0, 0.05) is 18.1 Å². The second-order valence-electron chi connectivity index (χ2n) is 6.68. The maximum absolute atomic E-state index is 12.3. The number of carbonyl (C=O) groups excluding carboxylic acids is 1. The molecule has 1 atom stereocenters. The fraction of sp³-hybridized carbons (Fsp3) is 0.471. The van der Waals surface area contributed by atoms with E-state index in [1.165, 1.54) is 22.9 Å². The lowest BCUT2D eigenvalue weighted by atomic mass is 10.0. The van der Waals surface area contributed by atoms with Gasteiger partial charge in [-0.2, -0.15) is 10.2 Å². The van der Waals surface area contributed by atoms with Gasteiger partial charge >= 0.3 is 0 Å². The molecule has 0 unspecified atom stereocenters. The molecule has 1 aliphatic carbocycles. The fourth-order valence-corrected chi connectivity index (χ4v) is 2.52. The average Bonchev–Trinajstić information content (AvgIpc) is 3.41. The highest BCUT2D eigenvalue weighted by Gasteiger charge is 2.26. The Morgan fingerprint density at radius 2 is 2.04 bits per heavy atom. The SMILES string of the molecule is CC(C)[C@H](Cn1nc(C2CC2)ccc1=O)NC(=O)c1ccc(=O)[nH]n1. The van der Waals surface area contributed by atoms with E-state index in [1.807, 2.05) is 13.8 Å². The van der Waals surface area contributed by atoms with Gasteiger partial charge in [-0.25, -0.2) is 9.78 Å². The van der Waals surface area contributed by atoms with Crippen LogP contribution in [0.2, 0.25) is 0 Å². The molecule has 0 aromatic carbocycles. The molecule has 3 rings (SSSR count). The van der Waals surface area contributed by atoms with E-state index in [4.69, 9.17) is 0 Å². The monoisotopic (exact) mass is 343 g/mol. The normalized spacial score (nSPS) is 15.2. The average molecular weight is 343 g/mol. The minimum atomic E-state index is -0.402. The Bertz CT molecular complexity index is 862. The van der Waals surface area contributed by atoms with Crippen LogP contribution in [0.3, 0.4) is 0 Å². The standard InChI is InChI=1S/C17H21N5O3/c1-10(2)14(18-17(25)13-5-7-15(23)20-19-13)9-22-16(24)8-6-12(21-22)11-3-4-11/h5-8,10-11,14H,3-4,9H2,1-2H3,(H,18,25)(H,20,23)/t14-/m0/s1. The molecule has 0 spiro atoms. The molecule has 0 bridgehead atoms. The summed E-state index contributed by atoms with van der Waals surface area (Å²) in [5.41, 5.74) is 0.490. The largest absolute Gasteiger partial charge is 0.346 e. The van der Waals surface area contributed by atoms with E-state index in [9.17, 15) is 14.4 Å². The van der Waals surface area contributed by atoms with Crippen LogP contribution in [-0.2, 0) is 6.54 Å². The molecule has 2 N–H and O–H groups in total. The maximum Gasteiger partial charge on any atom is 0.272 e. The maximum atomic E-state index is 12.3. The van der Waals surface area contributed by atoms with Crippen LogP contribution < -0.4 is 16.4 Å². The third kappa shape index (κ3) is 4.20. The van der Waals surface area contributed by atoms with Gasteiger partial charge in [-0.1, -0.05) is 13.8 Å². The zero-order chi connectivity index (χ0) is 18.0. The van der Waals surface area contributed by atoms with Gasteiger partial charge in [0.1, 0.15) is 5.69 Å². The summed E-state index contributed by atoms with van der Waals surface area (Å²) in [5, 5.41) is 13.3. The van der Waals surface area contributed by atoms with Gasteiger partial charge in [0.25, 0.3) is 17.0 Å². The van der Waals surface area contributed by atoms with Crippen molar-refractivity contribution >= 4 is 5.91 Å². The minimum Gasteiger partial charge on any atom is -0.346 e. The molecule has 2 aromatic rings. The summed E-state index contributed by atoms with van der Waals surface area (Å²) in [6.45, 7) is 4.20. The number of aromatic nitrogens is 4. The minimum absolute atomic E-state index is 0.0880. The number of hydrogen-bond donors (Lipinski definition) is 2. The van der Waals surface area contributed by atoms with E-state index < -0.39 is 5.91 Å². The van der Waals surface area contributed by atoms with Crippen molar-refractivity contribution in [1.82, 2.24) is 25.3 Å². The van der Waals surface area contributed by atoms with Crippen molar-refractivity contribution < 1.29 is 4.79 Å². The lowest BCUT2D eigenvalue weighted by Gasteiger charge is -2.22. The summed E-state index contributed by atoms with van der Waals surface area (Å²) in [6.07, 6.45) is 2.21. The molecule has 0 radical (unpaired) electrons. The second kappa shape index (κ2) is 7.00. The van der Waals surface area contributed by atoms with E-state index in [0.717, 1.165) is 18.5 Å². The zero-order valence-electron chi connectivity index (χ0n) is 14.2. The number of nitrogens with zero attached hydrogens (tertiary/aromatic N) is 3. The Kier molecular flexibility index (Phi) is 4.78. The Labute approximate surface area is 144 Å². The van der Waals surface area contributed by atoms with E-state index in [0.29, 0.717) is 5.92 Å². The topological polar surface area (TPSA) is 110 Å². The first-order chi connectivity index (χ1) is 11.9. The Morgan fingerprint density at radius 1 is 1.28 bits per heavy atom. The number of H-pyrrole nitrogens is 1. The van der Waals surface area contributed by atoms with Gasteiger partial charge in [0.2, 0.25) is 0 Å². The first-order valence-electron chi connectivity index (χ1n) is 8.38. The van der Waals surface area contributed by atoms with Crippen molar-refractivity contribution in [3.8, 4) is 0 Å². The lowest BCUT2D eigenvalue weighted by molar-refractivity contribution is 0.0912. The number of aromatic amines is 1. The molecule has 1 aliphatic rings.